The van der Waals surface area contributed by atoms with E-state index in [1.54, 1.807) is 0 Å². The van der Waals surface area contributed by atoms with Gasteiger partial charge in [-0.1, -0.05) is 0 Å². The first kappa shape index (κ1) is 14.3. The summed E-state index contributed by atoms with van der Waals surface area (Å²) in [5.74, 6) is -1.62. The van der Waals surface area contributed by atoms with Crippen LogP contribution in [0.4, 0.5) is 22.0 Å². The van der Waals surface area contributed by atoms with Gasteiger partial charge in [0.05, 0.1) is 12.0 Å². The molecule has 0 aliphatic heterocycles. The number of aromatic nitrogens is 1. The van der Waals surface area contributed by atoms with E-state index in [0.29, 0.717) is 6.20 Å². The second kappa shape index (κ2) is 4.87. The van der Waals surface area contributed by atoms with Gasteiger partial charge in [0.15, 0.2) is 0 Å². The van der Waals surface area contributed by atoms with Crippen LogP contribution in [0.15, 0.2) is 6.20 Å². The minimum absolute atomic E-state index is 0.311. The predicted molar refractivity (Wildman–Crippen MR) is 50.3 cm³/mol. The molecule has 0 saturated heterocycles. The monoisotopic (exact) mass is 269 g/mol. The minimum atomic E-state index is -4.92. The van der Waals surface area contributed by atoms with E-state index in [9.17, 15) is 26.7 Å². The molecule has 3 nitrogen and oxygen atoms in total. The van der Waals surface area contributed by atoms with Gasteiger partial charge in [-0.3, -0.25) is 9.78 Å². The lowest BCUT2D eigenvalue weighted by molar-refractivity contribution is -0.140. The summed E-state index contributed by atoms with van der Waals surface area (Å²) in [6, 6.07) is 0. The van der Waals surface area contributed by atoms with Crippen LogP contribution in [0.5, 0.6) is 0 Å². The first-order valence-corrected chi connectivity index (χ1v) is 4.70. The molecule has 1 heterocycles. The largest absolute Gasteiger partial charge is 0.481 e. The van der Waals surface area contributed by atoms with Crippen LogP contribution in [-0.4, -0.2) is 16.1 Å². The highest BCUT2D eigenvalue weighted by molar-refractivity contribution is 5.71. The van der Waals surface area contributed by atoms with Crippen molar-refractivity contribution in [2.24, 2.45) is 0 Å². The van der Waals surface area contributed by atoms with Crippen molar-refractivity contribution in [2.75, 3.05) is 0 Å². The number of carboxylic acid groups (broad SMARTS) is 1. The van der Waals surface area contributed by atoms with E-state index in [0.717, 1.165) is 6.92 Å². The van der Waals surface area contributed by atoms with Crippen LogP contribution < -0.4 is 0 Å². The molecule has 0 amide bonds. The maximum absolute atomic E-state index is 12.7. The van der Waals surface area contributed by atoms with Crippen LogP contribution >= 0.6 is 0 Å². The molecule has 1 N–H and O–H groups in total. The Kier molecular flexibility index (Phi) is 3.88. The van der Waals surface area contributed by atoms with E-state index in [1.165, 1.54) is 0 Å². The molecule has 0 radical (unpaired) electrons. The predicted octanol–water partition coefficient (Wildman–Crippen LogP) is 2.97. The molecular formula is C10H8F5NO2. The molecule has 0 unspecified atom stereocenters. The Morgan fingerprint density at radius 2 is 2.00 bits per heavy atom. The van der Waals surface area contributed by atoms with Crippen LogP contribution in [0.3, 0.4) is 0 Å². The Morgan fingerprint density at radius 1 is 1.44 bits per heavy atom. The van der Waals surface area contributed by atoms with Gasteiger partial charge in [0, 0.05) is 17.5 Å². The van der Waals surface area contributed by atoms with Gasteiger partial charge in [-0.25, -0.2) is 8.78 Å². The summed E-state index contributed by atoms with van der Waals surface area (Å²) in [4.78, 5) is 13.7. The maximum atomic E-state index is 12.7. The molecular weight excluding hydrogens is 261 g/mol. The van der Waals surface area contributed by atoms with E-state index in [1.807, 2.05) is 0 Å². The van der Waals surface area contributed by atoms with E-state index >= 15 is 0 Å². The number of pyridine rings is 1. The zero-order valence-electron chi connectivity index (χ0n) is 9.05. The third-order valence-corrected chi connectivity index (χ3v) is 2.28. The van der Waals surface area contributed by atoms with Crippen molar-refractivity contribution in [1.82, 2.24) is 4.98 Å². The summed E-state index contributed by atoms with van der Waals surface area (Å²) in [6.45, 7) is 1.10. The Labute approximate surface area is 98.3 Å². The van der Waals surface area contributed by atoms with Gasteiger partial charge >= 0.3 is 12.1 Å². The lowest BCUT2D eigenvalue weighted by Crippen LogP contribution is -2.17. The van der Waals surface area contributed by atoms with Crippen molar-refractivity contribution in [1.29, 1.82) is 0 Å². The van der Waals surface area contributed by atoms with E-state index in [2.05, 4.69) is 4.98 Å². The van der Waals surface area contributed by atoms with Gasteiger partial charge in [0.25, 0.3) is 6.43 Å². The van der Waals surface area contributed by atoms with E-state index in [4.69, 9.17) is 5.11 Å². The van der Waals surface area contributed by atoms with Crippen molar-refractivity contribution in [2.45, 2.75) is 25.9 Å². The Bertz CT molecular complexity index is 470. The molecule has 0 fully saturated rings. The fourth-order valence-corrected chi connectivity index (χ4v) is 1.55. The molecule has 1 aromatic rings. The fraction of sp³-hybridized carbons (Fsp3) is 0.400. The summed E-state index contributed by atoms with van der Waals surface area (Å²) in [5, 5.41) is 8.52. The average Bonchev–Trinajstić information content (AvgIpc) is 2.13. The molecule has 1 aromatic heterocycles. The van der Waals surface area contributed by atoms with Crippen molar-refractivity contribution in [3.8, 4) is 0 Å². The normalized spacial score (nSPS) is 11.9. The Morgan fingerprint density at radius 3 is 2.39 bits per heavy atom. The van der Waals surface area contributed by atoms with Crippen molar-refractivity contribution in [3.05, 3.63) is 28.6 Å². The summed E-state index contributed by atoms with van der Waals surface area (Å²) < 4.78 is 63.2. The quantitative estimate of drug-likeness (QED) is 0.858. The van der Waals surface area contributed by atoms with Crippen molar-refractivity contribution >= 4 is 5.97 Å². The van der Waals surface area contributed by atoms with Crippen molar-refractivity contribution < 1.29 is 31.9 Å². The molecule has 100 valence electrons. The number of halogens is 5. The zero-order valence-corrected chi connectivity index (χ0v) is 9.05. The minimum Gasteiger partial charge on any atom is -0.481 e. The number of hydrogen-bond donors (Lipinski definition) is 1. The summed E-state index contributed by atoms with van der Waals surface area (Å²) >= 11 is 0. The van der Waals surface area contributed by atoms with Gasteiger partial charge in [-0.15, -0.1) is 0 Å². The topological polar surface area (TPSA) is 50.2 Å². The number of aryl methyl sites for hydroxylation is 1. The third kappa shape index (κ3) is 2.93. The van der Waals surface area contributed by atoms with Crippen molar-refractivity contribution in [3.63, 3.8) is 0 Å². The highest BCUT2D eigenvalue weighted by Crippen LogP contribution is 2.37. The summed E-state index contributed by atoms with van der Waals surface area (Å²) in [6.07, 6.45) is -8.89. The van der Waals surface area contributed by atoms with Gasteiger partial charge in [-0.05, 0) is 12.5 Å². The Hall–Kier alpha value is -1.73. The van der Waals surface area contributed by atoms with E-state index in [-0.39, 0.29) is 5.69 Å². The van der Waals surface area contributed by atoms with Crippen LogP contribution in [0, 0.1) is 6.92 Å². The summed E-state index contributed by atoms with van der Waals surface area (Å²) in [7, 11) is 0. The highest BCUT2D eigenvalue weighted by Gasteiger charge is 2.37. The molecule has 0 atom stereocenters. The molecule has 1 rings (SSSR count). The molecule has 8 heteroatoms. The molecule has 0 aliphatic rings. The fourth-order valence-electron chi connectivity index (χ4n) is 1.55. The number of rotatable bonds is 3. The van der Waals surface area contributed by atoms with Crippen LogP contribution in [0.2, 0.25) is 0 Å². The zero-order chi connectivity index (χ0) is 14.1. The van der Waals surface area contributed by atoms with Gasteiger partial charge in [0.2, 0.25) is 0 Å². The number of hydrogen-bond acceptors (Lipinski definition) is 2. The van der Waals surface area contributed by atoms with E-state index < -0.39 is 41.7 Å². The second-order valence-electron chi connectivity index (χ2n) is 3.52. The highest BCUT2D eigenvalue weighted by atomic mass is 19.4. The molecule has 0 saturated carbocycles. The number of nitrogens with zero attached hydrogens (tertiary/aromatic N) is 1. The molecule has 0 bridgehead atoms. The maximum Gasteiger partial charge on any atom is 0.418 e. The third-order valence-electron chi connectivity index (χ3n) is 2.28. The first-order chi connectivity index (χ1) is 8.14. The summed E-state index contributed by atoms with van der Waals surface area (Å²) in [5.41, 5.74) is -3.65. The number of carboxylic acids is 1. The SMILES string of the molecule is Cc1ncc(C(F)(F)F)c(CC(=O)O)c1C(F)F. The smallest absolute Gasteiger partial charge is 0.418 e. The molecule has 0 aliphatic carbocycles. The number of alkyl halides is 5. The lowest BCUT2D eigenvalue weighted by Gasteiger charge is -2.16. The first-order valence-electron chi connectivity index (χ1n) is 4.70. The second-order valence-corrected chi connectivity index (χ2v) is 3.52. The standard InChI is InChI=1S/C10H8F5NO2/c1-4-8(9(11)12)5(2-7(17)18)6(3-16-4)10(13,14)15/h3,9H,2H2,1H3,(H,17,18). The lowest BCUT2D eigenvalue weighted by atomic mass is 9.98. The molecule has 0 aromatic carbocycles. The van der Waals surface area contributed by atoms with Crippen LogP contribution in [0.25, 0.3) is 0 Å². The van der Waals surface area contributed by atoms with Gasteiger partial charge in [0.1, 0.15) is 0 Å². The van der Waals surface area contributed by atoms with Gasteiger partial charge in [-0.2, -0.15) is 13.2 Å². The molecule has 0 spiro atoms. The van der Waals surface area contributed by atoms with Gasteiger partial charge < -0.3 is 5.11 Å². The molecule has 18 heavy (non-hydrogen) atoms. The average molecular weight is 269 g/mol. The van der Waals surface area contributed by atoms with Crippen LogP contribution in [0.1, 0.15) is 28.8 Å². The van der Waals surface area contributed by atoms with Crippen LogP contribution in [-0.2, 0) is 17.4 Å². The Balaban J connectivity index is 3.54. The number of carbonyl (C=O) groups is 1. The number of aliphatic carboxylic acids is 1.